The zero-order valence-electron chi connectivity index (χ0n) is 8.29. The van der Waals surface area contributed by atoms with Crippen LogP contribution in [-0.2, 0) is 0 Å². The van der Waals surface area contributed by atoms with Gasteiger partial charge < -0.3 is 5.73 Å². The molecular formula is C9H16ClN3O. The first kappa shape index (κ1) is 11.3. The predicted molar refractivity (Wildman–Crippen MR) is 57.7 cm³/mol. The molecule has 2 atom stereocenters. The second-order valence-electron chi connectivity index (χ2n) is 3.57. The molecule has 3 N–H and O–H groups in total. The molecule has 0 bridgehead atoms. The maximum atomic E-state index is 10.5. The molecule has 14 heavy (non-hydrogen) atoms. The van der Waals surface area contributed by atoms with E-state index < -0.39 is 6.03 Å². The van der Waals surface area contributed by atoms with Gasteiger partial charge in [-0.05, 0) is 19.8 Å². The molecule has 5 heteroatoms. The van der Waals surface area contributed by atoms with Gasteiger partial charge in [-0.15, -0.1) is 11.6 Å². The van der Waals surface area contributed by atoms with Gasteiger partial charge in [-0.25, -0.2) is 4.79 Å². The SMILES string of the molecule is CC(=N[C@@H]1CCCC[C@H]1Cl)NC(N)=O. The second-order valence-corrected chi connectivity index (χ2v) is 4.13. The first-order chi connectivity index (χ1) is 6.59. The standard InChI is InChI=1S/C9H16ClN3O/c1-6(13-9(11)14)12-8-5-3-2-4-7(8)10/h7-8H,2-5H2,1H3,(H3,11,12,13,14)/t7-,8-/m1/s1. The van der Waals surface area contributed by atoms with E-state index in [1.165, 1.54) is 6.42 Å². The number of primary amides is 1. The number of urea groups is 1. The van der Waals surface area contributed by atoms with Gasteiger partial charge in [0.15, 0.2) is 0 Å². The van der Waals surface area contributed by atoms with E-state index in [1.54, 1.807) is 6.92 Å². The highest BCUT2D eigenvalue weighted by Crippen LogP contribution is 2.25. The molecule has 0 aromatic heterocycles. The van der Waals surface area contributed by atoms with E-state index in [1.807, 2.05) is 0 Å². The van der Waals surface area contributed by atoms with Gasteiger partial charge in [0.25, 0.3) is 0 Å². The molecule has 4 nitrogen and oxygen atoms in total. The van der Waals surface area contributed by atoms with E-state index in [0.29, 0.717) is 5.84 Å². The molecule has 0 heterocycles. The number of amidine groups is 1. The van der Waals surface area contributed by atoms with Crippen molar-refractivity contribution in [3.8, 4) is 0 Å². The van der Waals surface area contributed by atoms with E-state index in [9.17, 15) is 4.79 Å². The quantitative estimate of drug-likeness (QED) is 0.391. The summed E-state index contributed by atoms with van der Waals surface area (Å²) >= 11 is 6.11. The molecular weight excluding hydrogens is 202 g/mol. The molecule has 0 aliphatic heterocycles. The van der Waals surface area contributed by atoms with Crippen molar-refractivity contribution in [2.24, 2.45) is 10.7 Å². The topological polar surface area (TPSA) is 67.5 Å². The average molecular weight is 218 g/mol. The summed E-state index contributed by atoms with van der Waals surface area (Å²) in [5.74, 6) is 0.551. The summed E-state index contributed by atoms with van der Waals surface area (Å²) in [6.45, 7) is 1.73. The minimum atomic E-state index is -0.576. The van der Waals surface area contributed by atoms with Crippen LogP contribution in [-0.4, -0.2) is 23.3 Å². The van der Waals surface area contributed by atoms with Gasteiger partial charge in [-0.1, -0.05) is 12.8 Å². The van der Waals surface area contributed by atoms with Crippen molar-refractivity contribution >= 4 is 23.5 Å². The smallest absolute Gasteiger partial charge is 0.317 e. The Labute approximate surface area is 88.9 Å². The van der Waals surface area contributed by atoms with Crippen LogP contribution in [0.3, 0.4) is 0 Å². The first-order valence-corrected chi connectivity index (χ1v) is 5.28. The van der Waals surface area contributed by atoms with Crippen molar-refractivity contribution in [2.75, 3.05) is 0 Å². The van der Waals surface area contributed by atoms with E-state index >= 15 is 0 Å². The molecule has 0 spiro atoms. The average Bonchev–Trinajstić information content (AvgIpc) is 2.07. The van der Waals surface area contributed by atoms with Crippen LogP contribution >= 0.6 is 11.6 Å². The summed E-state index contributed by atoms with van der Waals surface area (Å²) < 4.78 is 0. The minimum absolute atomic E-state index is 0.0911. The van der Waals surface area contributed by atoms with E-state index in [0.717, 1.165) is 19.3 Å². The van der Waals surface area contributed by atoms with Gasteiger partial charge in [0.1, 0.15) is 5.84 Å². The van der Waals surface area contributed by atoms with Crippen LogP contribution in [0.1, 0.15) is 32.6 Å². The number of carbonyl (C=O) groups is 1. The van der Waals surface area contributed by atoms with Crippen LogP contribution < -0.4 is 11.1 Å². The van der Waals surface area contributed by atoms with Crippen molar-refractivity contribution in [1.82, 2.24) is 5.32 Å². The third kappa shape index (κ3) is 3.54. The number of amides is 2. The fraction of sp³-hybridized carbons (Fsp3) is 0.778. The fourth-order valence-corrected chi connectivity index (χ4v) is 2.01. The fourth-order valence-electron chi connectivity index (χ4n) is 1.67. The molecule has 2 amide bonds. The molecule has 0 unspecified atom stereocenters. The van der Waals surface area contributed by atoms with Crippen LogP contribution in [0.25, 0.3) is 0 Å². The lowest BCUT2D eigenvalue weighted by Crippen LogP contribution is -2.35. The molecule has 1 rings (SSSR count). The summed E-state index contributed by atoms with van der Waals surface area (Å²) in [7, 11) is 0. The third-order valence-electron chi connectivity index (χ3n) is 2.31. The highest BCUT2D eigenvalue weighted by Gasteiger charge is 2.22. The Morgan fingerprint density at radius 3 is 2.71 bits per heavy atom. The van der Waals surface area contributed by atoms with Gasteiger partial charge in [0.2, 0.25) is 0 Å². The number of hydrogen-bond acceptors (Lipinski definition) is 2. The Balaban J connectivity index is 2.51. The molecule has 0 radical (unpaired) electrons. The van der Waals surface area contributed by atoms with Crippen LogP contribution in [0, 0.1) is 0 Å². The molecule has 0 aromatic carbocycles. The number of halogens is 1. The summed E-state index contributed by atoms with van der Waals surface area (Å²) in [6.07, 6.45) is 4.31. The lowest BCUT2D eigenvalue weighted by atomic mass is 9.95. The van der Waals surface area contributed by atoms with E-state index in [-0.39, 0.29) is 11.4 Å². The molecule has 1 aliphatic carbocycles. The van der Waals surface area contributed by atoms with E-state index in [4.69, 9.17) is 17.3 Å². The van der Waals surface area contributed by atoms with Gasteiger partial charge in [0, 0.05) is 0 Å². The molecule has 80 valence electrons. The number of nitrogens with zero attached hydrogens (tertiary/aromatic N) is 1. The number of nitrogens with one attached hydrogen (secondary N) is 1. The van der Waals surface area contributed by atoms with Crippen LogP contribution in [0.2, 0.25) is 0 Å². The maximum Gasteiger partial charge on any atom is 0.317 e. The van der Waals surface area contributed by atoms with Crippen molar-refractivity contribution in [1.29, 1.82) is 0 Å². The molecule has 0 saturated heterocycles. The first-order valence-electron chi connectivity index (χ1n) is 4.84. The van der Waals surface area contributed by atoms with Gasteiger partial charge >= 0.3 is 6.03 Å². The predicted octanol–water partition coefficient (Wildman–Crippen LogP) is 1.62. The van der Waals surface area contributed by atoms with E-state index in [2.05, 4.69) is 10.3 Å². The van der Waals surface area contributed by atoms with Crippen molar-refractivity contribution in [3.05, 3.63) is 0 Å². The normalized spacial score (nSPS) is 28.6. The Morgan fingerprint density at radius 1 is 1.50 bits per heavy atom. The summed E-state index contributed by atoms with van der Waals surface area (Å²) in [5, 5.41) is 2.53. The highest BCUT2D eigenvalue weighted by molar-refractivity contribution is 6.21. The zero-order chi connectivity index (χ0) is 10.6. The third-order valence-corrected chi connectivity index (χ3v) is 2.82. The monoisotopic (exact) mass is 217 g/mol. The lowest BCUT2D eigenvalue weighted by molar-refractivity contribution is 0.253. The van der Waals surface area contributed by atoms with Gasteiger partial charge in [0.05, 0.1) is 11.4 Å². The van der Waals surface area contributed by atoms with Crippen molar-refractivity contribution in [3.63, 3.8) is 0 Å². The molecule has 1 fully saturated rings. The Kier molecular flexibility index (Phi) is 4.20. The molecule has 0 aromatic rings. The highest BCUT2D eigenvalue weighted by atomic mass is 35.5. The van der Waals surface area contributed by atoms with Crippen molar-refractivity contribution < 1.29 is 4.79 Å². The summed E-state index contributed by atoms with van der Waals surface area (Å²) in [6, 6.07) is -0.453. The Hall–Kier alpha value is -0.770. The van der Waals surface area contributed by atoms with Crippen LogP contribution in [0.15, 0.2) is 4.99 Å². The Morgan fingerprint density at radius 2 is 2.14 bits per heavy atom. The van der Waals surface area contributed by atoms with Gasteiger partial charge in [-0.3, -0.25) is 10.3 Å². The van der Waals surface area contributed by atoms with Gasteiger partial charge in [-0.2, -0.15) is 0 Å². The lowest BCUT2D eigenvalue weighted by Gasteiger charge is -2.24. The molecule has 1 aliphatic rings. The second kappa shape index (κ2) is 5.20. The summed E-state index contributed by atoms with van der Waals surface area (Å²) in [5.41, 5.74) is 4.97. The largest absolute Gasteiger partial charge is 0.351 e. The minimum Gasteiger partial charge on any atom is -0.351 e. The number of carbonyl (C=O) groups excluding carboxylic acids is 1. The number of alkyl halides is 1. The molecule has 1 saturated carbocycles. The number of hydrogen-bond donors (Lipinski definition) is 2. The van der Waals surface area contributed by atoms with Crippen LogP contribution in [0.5, 0.6) is 0 Å². The maximum absolute atomic E-state index is 10.5. The zero-order valence-corrected chi connectivity index (χ0v) is 9.05. The number of aliphatic imine (C=N–C) groups is 1. The van der Waals surface area contributed by atoms with Crippen LogP contribution in [0.4, 0.5) is 4.79 Å². The van der Waals surface area contributed by atoms with Crippen molar-refractivity contribution in [2.45, 2.75) is 44.0 Å². The number of rotatable bonds is 1. The summed E-state index contributed by atoms with van der Waals surface area (Å²) in [4.78, 5) is 14.9. The Bertz CT molecular complexity index is 242. The number of nitrogens with two attached hydrogens (primary N) is 1.